The van der Waals surface area contributed by atoms with E-state index in [0.29, 0.717) is 46.6 Å². The average Bonchev–Trinajstić information content (AvgIpc) is 3.74. The Morgan fingerprint density at radius 3 is 2.67 bits per heavy atom. The molecule has 2 N–H and O–H groups in total. The molecule has 2 bridgehead atoms. The van der Waals surface area contributed by atoms with Crippen LogP contribution in [0.2, 0.25) is 35.7 Å². The number of fused-ring (bicyclic) bond motifs is 4. The summed E-state index contributed by atoms with van der Waals surface area (Å²) in [6.07, 6.45) is 1.47. The molecule has 49 heavy (non-hydrogen) atoms. The third-order valence-corrected chi connectivity index (χ3v) is 12.9. The molecule has 2 aliphatic heterocycles. The molecule has 0 unspecified atom stereocenters. The Bertz CT molecular complexity index is 2030. The van der Waals surface area contributed by atoms with Gasteiger partial charge in [0.1, 0.15) is 10.5 Å². The molecular formula is C35H38Cl2FN5O4SSi. The first-order valence-corrected chi connectivity index (χ1v) is 21.9. The summed E-state index contributed by atoms with van der Waals surface area (Å²) in [7, 11) is -1.42. The molecule has 2 aromatic heterocycles. The van der Waals surface area contributed by atoms with Gasteiger partial charge in [0.2, 0.25) is 0 Å². The summed E-state index contributed by atoms with van der Waals surface area (Å²) in [6.45, 7) is 9.23. The predicted molar refractivity (Wildman–Crippen MR) is 195 cm³/mol. The smallest absolute Gasteiger partial charge is 0.407 e. The largest absolute Gasteiger partial charge is 0.465 e. The number of aromatic nitrogens is 2. The molecule has 1 saturated carbocycles. The summed E-state index contributed by atoms with van der Waals surface area (Å²) in [5, 5.41) is 24.9. The lowest BCUT2D eigenvalue weighted by atomic mass is 9.79. The molecule has 3 fully saturated rings. The monoisotopic (exact) mass is 741 g/mol. The number of amides is 2. The summed E-state index contributed by atoms with van der Waals surface area (Å²) >= 11 is 14.4. The molecule has 9 nitrogen and oxygen atoms in total. The van der Waals surface area contributed by atoms with Gasteiger partial charge in [0.05, 0.1) is 46.4 Å². The van der Waals surface area contributed by atoms with Crippen LogP contribution in [0.15, 0.2) is 35.4 Å². The van der Waals surface area contributed by atoms with E-state index in [1.165, 1.54) is 16.7 Å². The number of halogens is 3. The van der Waals surface area contributed by atoms with Crippen LogP contribution >= 0.6 is 35.0 Å². The van der Waals surface area contributed by atoms with Crippen LogP contribution in [0.4, 0.5) is 14.0 Å². The molecule has 4 heterocycles. The summed E-state index contributed by atoms with van der Waals surface area (Å²) < 4.78 is 24.7. The van der Waals surface area contributed by atoms with E-state index in [0.717, 1.165) is 17.1 Å². The molecule has 14 heteroatoms. The number of benzene rings is 2. The van der Waals surface area contributed by atoms with Gasteiger partial charge in [-0.1, -0.05) is 55.0 Å². The van der Waals surface area contributed by atoms with Crippen molar-refractivity contribution in [3.8, 4) is 17.2 Å². The van der Waals surface area contributed by atoms with Crippen molar-refractivity contribution < 1.29 is 23.8 Å². The third-order valence-electron chi connectivity index (χ3n) is 9.67. The van der Waals surface area contributed by atoms with Crippen molar-refractivity contribution in [2.75, 3.05) is 19.4 Å². The number of rotatable bonds is 10. The maximum Gasteiger partial charge on any atom is 0.407 e. The highest BCUT2D eigenvalue weighted by Gasteiger charge is 2.55. The number of thioether (sulfide) groups is 1. The molecule has 4 aromatic rings. The van der Waals surface area contributed by atoms with Crippen LogP contribution in [-0.2, 0) is 11.2 Å². The Hall–Kier alpha value is -3.50. The molecule has 1 aliphatic carbocycles. The van der Waals surface area contributed by atoms with Crippen LogP contribution in [0.3, 0.4) is 0 Å². The van der Waals surface area contributed by atoms with E-state index in [-0.39, 0.29) is 52.0 Å². The number of alkyl carbamates (subject to hydrolysis) is 1. The SMILES string of the molecule is CSc1nc2c(F)c(-c3cccc(Cl)c3Cl)c(CCC#N)cc2c2c1cc([C@@H](C)NC(=O)OCC[Si](C)(C)C)n2[C@H]1[C@@H]2C[C@H]1N(C(=O)O)C2. The number of nitrogens with zero attached hydrogens (tertiary/aromatic N) is 4. The van der Waals surface area contributed by atoms with Gasteiger partial charge >= 0.3 is 12.2 Å². The van der Waals surface area contributed by atoms with Gasteiger partial charge in [0.15, 0.2) is 5.82 Å². The lowest BCUT2D eigenvalue weighted by molar-refractivity contribution is 0.123. The van der Waals surface area contributed by atoms with Crippen molar-refractivity contribution in [2.24, 2.45) is 5.92 Å². The van der Waals surface area contributed by atoms with Crippen molar-refractivity contribution in [1.82, 2.24) is 19.8 Å². The van der Waals surface area contributed by atoms with Crippen LogP contribution in [0.5, 0.6) is 0 Å². The van der Waals surface area contributed by atoms with E-state index >= 15 is 4.39 Å². The van der Waals surface area contributed by atoms with Crippen molar-refractivity contribution in [3.05, 3.63) is 57.5 Å². The lowest BCUT2D eigenvalue weighted by Crippen LogP contribution is -2.43. The molecule has 2 amide bonds. The first-order valence-electron chi connectivity index (χ1n) is 16.2. The Kier molecular flexibility index (Phi) is 9.85. The number of carbonyl (C=O) groups excluding carboxylic acids is 1. The first-order chi connectivity index (χ1) is 23.2. The highest BCUT2D eigenvalue weighted by Crippen LogP contribution is 2.53. The molecular weight excluding hydrogens is 704 g/mol. The maximum absolute atomic E-state index is 17.1. The van der Waals surface area contributed by atoms with Gasteiger partial charge in [-0.25, -0.2) is 19.0 Å². The number of ether oxygens (including phenoxy) is 1. The van der Waals surface area contributed by atoms with Gasteiger partial charge < -0.3 is 24.6 Å². The highest BCUT2D eigenvalue weighted by atomic mass is 35.5. The minimum atomic E-state index is -1.42. The number of carboxylic acid groups (broad SMARTS) is 1. The van der Waals surface area contributed by atoms with Crippen LogP contribution in [0.1, 0.15) is 43.1 Å². The second-order valence-corrected chi connectivity index (χ2v) is 21.2. The number of pyridine rings is 1. The number of hydrogen-bond donors (Lipinski definition) is 2. The minimum Gasteiger partial charge on any atom is -0.465 e. The second-order valence-electron chi connectivity index (χ2n) is 14.0. The average molecular weight is 743 g/mol. The number of nitriles is 1. The quantitative estimate of drug-likeness (QED) is 0.123. The first kappa shape index (κ1) is 35.3. The Morgan fingerprint density at radius 2 is 2.02 bits per heavy atom. The Labute approximate surface area is 299 Å². The fourth-order valence-electron chi connectivity index (χ4n) is 7.25. The molecule has 7 rings (SSSR count). The van der Waals surface area contributed by atoms with E-state index in [4.69, 9.17) is 32.9 Å². The zero-order valence-corrected chi connectivity index (χ0v) is 31.3. The number of carbonyl (C=O) groups is 2. The molecule has 0 radical (unpaired) electrons. The van der Waals surface area contributed by atoms with Gasteiger partial charge in [-0.2, -0.15) is 5.26 Å². The van der Waals surface area contributed by atoms with E-state index in [1.54, 1.807) is 18.2 Å². The summed E-state index contributed by atoms with van der Waals surface area (Å²) in [6, 6.07) is 10.9. The zero-order chi connectivity index (χ0) is 35.4. The molecule has 0 spiro atoms. The van der Waals surface area contributed by atoms with E-state index in [1.807, 2.05) is 25.3 Å². The minimum absolute atomic E-state index is 0.0414. The van der Waals surface area contributed by atoms with Crippen molar-refractivity contribution in [1.29, 1.82) is 5.26 Å². The molecule has 2 aromatic carbocycles. The van der Waals surface area contributed by atoms with Crippen molar-refractivity contribution in [3.63, 3.8) is 0 Å². The van der Waals surface area contributed by atoms with Crippen molar-refractivity contribution in [2.45, 2.75) is 75.0 Å². The molecule has 4 atom stereocenters. The molecule has 258 valence electrons. The Morgan fingerprint density at radius 1 is 1.27 bits per heavy atom. The van der Waals surface area contributed by atoms with Gasteiger partial charge in [-0.3, -0.25) is 0 Å². The highest BCUT2D eigenvalue weighted by molar-refractivity contribution is 7.98. The Balaban J connectivity index is 1.58. The van der Waals surface area contributed by atoms with Gasteiger partial charge in [0.25, 0.3) is 0 Å². The number of aryl methyl sites for hydroxylation is 1. The van der Waals surface area contributed by atoms with Crippen LogP contribution < -0.4 is 5.32 Å². The van der Waals surface area contributed by atoms with Crippen LogP contribution in [0, 0.1) is 23.1 Å². The normalized spacial score (nSPS) is 19.2. The molecule has 2 saturated heterocycles. The van der Waals surface area contributed by atoms with Crippen LogP contribution in [-0.4, -0.2) is 65.3 Å². The number of nitrogens with one attached hydrogen (secondary N) is 1. The lowest BCUT2D eigenvalue weighted by Gasteiger charge is -2.39. The summed E-state index contributed by atoms with van der Waals surface area (Å²) in [4.78, 5) is 31.5. The van der Waals surface area contributed by atoms with E-state index in [9.17, 15) is 20.0 Å². The zero-order valence-electron chi connectivity index (χ0n) is 27.9. The topological polar surface area (TPSA) is 120 Å². The molecule has 3 aliphatic rings. The van der Waals surface area contributed by atoms with Crippen LogP contribution in [0.25, 0.3) is 32.9 Å². The van der Waals surface area contributed by atoms with E-state index in [2.05, 4.69) is 35.6 Å². The fraction of sp³-hybridized carbons (Fsp3) is 0.429. The maximum atomic E-state index is 17.1. The standard InChI is InChI=1S/C35H38Cl2FN5O4SSi/c1-18(40-34(44)47-12-13-49(3,4)5)25-16-23-32(43(25)31-20-15-26(31)42(17-20)35(45)46)22-14-19(8-7-11-39)27(21-9-6-10-24(36)28(21)37)29(38)30(22)41-33(23)48-2/h6,9-10,14,16,18,20,26,31H,7-8,12-13,15,17H2,1-5H3,(H,40,44)(H,45,46)/t18-,20-,26-,31+/m1/s1. The van der Waals surface area contributed by atoms with Gasteiger partial charge in [-0.15, -0.1) is 11.8 Å². The predicted octanol–water partition coefficient (Wildman–Crippen LogP) is 9.53. The van der Waals surface area contributed by atoms with Gasteiger partial charge in [-0.05, 0) is 55.8 Å². The summed E-state index contributed by atoms with van der Waals surface area (Å²) in [5.74, 6) is -0.540. The second kappa shape index (κ2) is 13.7. The fourth-order valence-corrected chi connectivity index (χ4v) is 8.91. The number of hydrogen-bond acceptors (Lipinski definition) is 6. The van der Waals surface area contributed by atoms with Gasteiger partial charge in [0, 0.05) is 54.6 Å². The van der Waals surface area contributed by atoms with Crippen molar-refractivity contribution >= 4 is 77.0 Å². The third kappa shape index (κ3) is 6.46. The summed E-state index contributed by atoms with van der Waals surface area (Å²) in [5.41, 5.74) is 2.80. The van der Waals surface area contributed by atoms with E-state index < -0.39 is 32.1 Å².